The van der Waals surface area contributed by atoms with E-state index in [2.05, 4.69) is 4.98 Å². The van der Waals surface area contributed by atoms with Gasteiger partial charge in [0.15, 0.2) is 0 Å². The summed E-state index contributed by atoms with van der Waals surface area (Å²) in [6.07, 6.45) is 8.24. The first-order chi connectivity index (χ1) is 6.33. The van der Waals surface area contributed by atoms with Crippen LogP contribution in [0.15, 0.2) is 30.9 Å². The van der Waals surface area contributed by atoms with Crippen LogP contribution >= 0.6 is 0 Å². The summed E-state index contributed by atoms with van der Waals surface area (Å²) in [6.45, 7) is 2.79. The minimum absolute atomic E-state index is 0.303. The molecule has 0 aliphatic heterocycles. The number of rotatable bonds is 4. The molecule has 0 saturated heterocycles. The van der Waals surface area contributed by atoms with E-state index in [1.54, 1.807) is 25.5 Å². The van der Waals surface area contributed by atoms with Gasteiger partial charge in [0.25, 0.3) is 0 Å². The summed E-state index contributed by atoms with van der Waals surface area (Å²) in [6, 6.07) is 0. The average molecular weight is 180 g/mol. The van der Waals surface area contributed by atoms with Crippen LogP contribution in [0.25, 0.3) is 0 Å². The van der Waals surface area contributed by atoms with Crippen molar-refractivity contribution < 1.29 is 9.53 Å². The summed E-state index contributed by atoms with van der Waals surface area (Å²) in [4.78, 5) is 14.7. The van der Waals surface area contributed by atoms with Crippen LogP contribution in [0, 0.1) is 0 Å². The van der Waals surface area contributed by atoms with E-state index in [1.807, 2.05) is 10.8 Å². The van der Waals surface area contributed by atoms with Crippen LogP contribution in [0.4, 0.5) is 0 Å². The Labute approximate surface area is 76.8 Å². The van der Waals surface area contributed by atoms with Gasteiger partial charge in [-0.2, -0.15) is 0 Å². The van der Waals surface area contributed by atoms with Crippen LogP contribution in [0.5, 0.6) is 0 Å². The van der Waals surface area contributed by atoms with Crippen LogP contribution in [0.3, 0.4) is 0 Å². The number of nitrogens with zero attached hydrogens (tertiary/aromatic N) is 2. The number of esters is 1. The summed E-state index contributed by atoms with van der Waals surface area (Å²) in [5, 5.41) is 0. The first-order valence-corrected chi connectivity index (χ1v) is 4.08. The first kappa shape index (κ1) is 9.51. The maximum atomic E-state index is 10.8. The van der Waals surface area contributed by atoms with Gasteiger partial charge >= 0.3 is 5.97 Å². The van der Waals surface area contributed by atoms with Crippen molar-refractivity contribution in [1.29, 1.82) is 0 Å². The molecule has 13 heavy (non-hydrogen) atoms. The fraction of sp³-hybridized carbons (Fsp3) is 0.333. The van der Waals surface area contributed by atoms with Crippen LogP contribution in [0.1, 0.15) is 6.92 Å². The molecule has 0 aliphatic rings. The van der Waals surface area contributed by atoms with Gasteiger partial charge in [0, 0.05) is 18.5 Å². The van der Waals surface area contributed by atoms with Crippen molar-refractivity contribution in [3.05, 3.63) is 30.9 Å². The highest BCUT2D eigenvalue weighted by Gasteiger charge is 1.95. The van der Waals surface area contributed by atoms with Crippen molar-refractivity contribution in [1.82, 2.24) is 9.55 Å². The highest BCUT2D eigenvalue weighted by molar-refractivity contribution is 5.81. The molecule has 0 bridgehead atoms. The molecule has 1 aromatic rings. The van der Waals surface area contributed by atoms with Crippen LogP contribution in [-0.2, 0) is 16.1 Å². The molecule has 0 aromatic carbocycles. The molecule has 0 aliphatic carbocycles. The molecule has 0 amide bonds. The summed E-state index contributed by atoms with van der Waals surface area (Å²) in [7, 11) is 0. The minimum Gasteiger partial charge on any atom is -0.461 e. The van der Waals surface area contributed by atoms with E-state index < -0.39 is 0 Å². The summed E-state index contributed by atoms with van der Waals surface area (Å²) in [5.74, 6) is -0.303. The van der Waals surface area contributed by atoms with Gasteiger partial charge in [-0.05, 0) is 6.92 Å². The van der Waals surface area contributed by atoms with E-state index >= 15 is 0 Å². The van der Waals surface area contributed by atoms with E-state index in [0.29, 0.717) is 13.2 Å². The fourth-order valence-electron chi connectivity index (χ4n) is 0.855. The third kappa shape index (κ3) is 3.55. The number of hydrogen-bond donors (Lipinski definition) is 0. The van der Waals surface area contributed by atoms with Gasteiger partial charge in [-0.3, -0.25) is 0 Å². The molecule has 0 unspecified atom stereocenters. The summed E-state index contributed by atoms with van der Waals surface area (Å²) < 4.78 is 6.73. The lowest BCUT2D eigenvalue weighted by Gasteiger charge is -2.01. The number of carbonyl (C=O) groups is 1. The number of allylic oxidation sites excluding steroid dienone is 1. The Morgan fingerprint density at radius 1 is 1.69 bits per heavy atom. The maximum absolute atomic E-state index is 10.8. The smallest absolute Gasteiger partial charge is 0.330 e. The van der Waals surface area contributed by atoms with Crippen molar-refractivity contribution in [2.24, 2.45) is 0 Å². The highest BCUT2D eigenvalue weighted by atomic mass is 16.5. The van der Waals surface area contributed by atoms with Gasteiger partial charge in [-0.15, -0.1) is 0 Å². The fourth-order valence-corrected chi connectivity index (χ4v) is 0.855. The molecule has 1 heterocycles. The van der Waals surface area contributed by atoms with Crippen molar-refractivity contribution in [2.75, 3.05) is 6.61 Å². The van der Waals surface area contributed by atoms with Gasteiger partial charge in [-0.25, -0.2) is 9.78 Å². The monoisotopic (exact) mass is 180 g/mol. The molecule has 4 nitrogen and oxygen atoms in total. The number of aromatic nitrogens is 2. The number of hydrogen-bond acceptors (Lipinski definition) is 3. The topological polar surface area (TPSA) is 44.1 Å². The van der Waals surface area contributed by atoms with Crippen molar-refractivity contribution >= 4 is 5.97 Å². The number of imidazole rings is 1. The van der Waals surface area contributed by atoms with Crippen LogP contribution in [-0.4, -0.2) is 22.1 Å². The molecule has 0 fully saturated rings. The van der Waals surface area contributed by atoms with E-state index in [4.69, 9.17) is 4.74 Å². The quantitative estimate of drug-likeness (QED) is 0.513. The molecular formula is C9H12N2O2. The summed E-state index contributed by atoms with van der Waals surface area (Å²) >= 11 is 0. The second-order valence-electron chi connectivity index (χ2n) is 2.47. The molecule has 0 radical (unpaired) electrons. The molecule has 0 spiro atoms. The maximum Gasteiger partial charge on any atom is 0.330 e. The summed E-state index contributed by atoms with van der Waals surface area (Å²) in [5.41, 5.74) is 0. The van der Waals surface area contributed by atoms with Gasteiger partial charge in [0.05, 0.1) is 12.9 Å². The lowest BCUT2D eigenvalue weighted by molar-refractivity contribution is -0.138. The number of ether oxygens (including phenoxy) is 1. The third-order valence-electron chi connectivity index (χ3n) is 1.46. The van der Waals surface area contributed by atoms with Crippen molar-refractivity contribution in [3.8, 4) is 0 Å². The van der Waals surface area contributed by atoms with Crippen molar-refractivity contribution in [3.63, 3.8) is 0 Å². The molecule has 4 heteroatoms. The Bertz CT molecular complexity index is 278. The molecule has 70 valence electrons. The predicted molar refractivity (Wildman–Crippen MR) is 48.0 cm³/mol. The highest BCUT2D eigenvalue weighted by Crippen LogP contribution is 1.88. The zero-order chi connectivity index (χ0) is 9.52. The lowest BCUT2D eigenvalue weighted by atomic mass is 10.5. The van der Waals surface area contributed by atoms with Gasteiger partial charge < -0.3 is 9.30 Å². The van der Waals surface area contributed by atoms with Crippen molar-refractivity contribution in [2.45, 2.75) is 13.5 Å². The third-order valence-corrected chi connectivity index (χ3v) is 1.46. The Kier molecular flexibility index (Phi) is 3.75. The average Bonchev–Trinajstić information content (AvgIpc) is 2.57. The zero-order valence-corrected chi connectivity index (χ0v) is 7.51. The molecule has 1 aromatic heterocycles. The zero-order valence-electron chi connectivity index (χ0n) is 7.51. The molecule has 0 saturated carbocycles. The molecule has 0 N–H and O–H groups in total. The first-order valence-electron chi connectivity index (χ1n) is 4.08. The van der Waals surface area contributed by atoms with Crippen LogP contribution < -0.4 is 0 Å². The largest absolute Gasteiger partial charge is 0.461 e. The van der Waals surface area contributed by atoms with Gasteiger partial charge in [-0.1, -0.05) is 6.08 Å². The van der Waals surface area contributed by atoms with Gasteiger partial charge in [0.1, 0.15) is 6.61 Å². The van der Waals surface area contributed by atoms with E-state index in [0.717, 1.165) is 0 Å². The standard InChI is InChI=1S/C9H12N2O2/c1-2-3-9(12)13-7-6-11-5-4-10-8-11/h2-5,8H,6-7H2,1H3/b3-2+. The van der Waals surface area contributed by atoms with Crippen LogP contribution in [0.2, 0.25) is 0 Å². The Balaban J connectivity index is 2.18. The van der Waals surface area contributed by atoms with Gasteiger partial charge in [0.2, 0.25) is 0 Å². The molecular weight excluding hydrogens is 168 g/mol. The lowest BCUT2D eigenvalue weighted by Crippen LogP contribution is -2.08. The minimum atomic E-state index is -0.303. The Hall–Kier alpha value is -1.58. The number of carbonyl (C=O) groups excluding carboxylic acids is 1. The second-order valence-corrected chi connectivity index (χ2v) is 2.47. The SMILES string of the molecule is C/C=C/C(=O)OCCn1ccnc1. The second kappa shape index (κ2) is 5.13. The molecule has 1 rings (SSSR count). The molecule has 0 atom stereocenters. The van der Waals surface area contributed by atoms with E-state index in [9.17, 15) is 4.79 Å². The Morgan fingerprint density at radius 3 is 3.15 bits per heavy atom. The Morgan fingerprint density at radius 2 is 2.54 bits per heavy atom. The predicted octanol–water partition coefficient (Wildman–Crippen LogP) is 1.00. The van der Waals surface area contributed by atoms with E-state index in [-0.39, 0.29) is 5.97 Å². The normalized spacial score (nSPS) is 10.5. The van der Waals surface area contributed by atoms with E-state index in [1.165, 1.54) is 6.08 Å².